The summed E-state index contributed by atoms with van der Waals surface area (Å²) in [5, 5.41) is 14.9. The standard InChI is InChI=1S/C19H18N4O2S/c20-11-12-23(14-15-6-2-1-3-7-15)18(24)10-4-9-17-21-19(22-25-17)16-8-5-13-26-16/h1-3,5-8,13H,4,9-10,12,14H2. The Hall–Kier alpha value is -2.98. The highest BCUT2D eigenvalue weighted by atomic mass is 32.1. The van der Waals surface area contributed by atoms with E-state index in [4.69, 9.17) is 9.78 Å². The van der Waals surface area contributed by atoms with Crippen molar-refractivity contribution in [1.29, 1.82) is 5.26 Å². The van der Waals surface area contributed by atoms with Crippen molar-refractivity contribution in [2.75, 3.05) is 6.54 Å². The average molecular weight is 366 g/mol. The van der Waals surface area contributed by atoms with E-state index in [2.05, 4.69) is 16.2 Å². The van der Waals surface area contributed by atoms with Gasteiger partial charge in [0.2, 0.25) is 17.6 Å². The van der Waals surface area contributed by atoms with Crippen molar-refractivity contribution in [3.8, 4) is 16.8 Å². The van der Waals surface area contributed by atoms with E-state index < -0.39 is 0 Å². The molecule has 0 saturated heterocycles. The molecule has 1 aromatic carbocycles. The number of rotatable bonds is 8. The predicted octanol–water partition coefficient (Wildman–Crippen LogP) is 3.67. The Kier molecular flexibility index (Phi) is 6.12. The van der Waals surface area contributed by atoms with E-state index in [1.165, 1.54) is 0 Å². The molecule has 0 unspecified atom stereocenters. The maximum atomic E-state index is 12.4. The van der Waals surface area contributed by atoms with E-state index in [-0.39, 0.29) is 12.5 Å². The van der Waals surface area contributed by atoms with Gasteiger partial charge in [-0.1, -0.05) is 41.6 Å². The normalized spacial score (nSPS) is 10.4. The number of aryl methyl sites for hydroxylation is 1. The molecule has 3 rings (SSSR count). The molecule has 6 nitrogen and oxygen atoms in total. The van der Waals surface area contributed by atoms with E-state index in [0.717, 1.165) is 10.4 Å². The van der Waals surface area contributed by atoms with Crippen LogP contribution in [0.2, 0.25) is 0 Å². The molecule has 0 saturated carbocycles. The zero-order valence-corrected chi connectivity index (χ0v) is 15.0. The molecule has 2 aromatic heterocycles. The number of hydrogen-bond donors (Lipinski definition) is 0. The van der Waals surface area contributed by atoms with Gasteiger partial charge in [-0.2, -0.15) is 10.2 Å². The monoisotopic (exact) mass is 366 g/mol. The molecule has 7 heteroatoms. The maximum Gasteiger partial charge on any atom is 0.226 e. The molecule has 0 N–H and O–H groups in total. The lowest BCUT2D eigenvalue weighted by Gasteiger charge is -2.19. The Bertz CT molecular complexity index is 869. The second kappa shape index (κ2) is 8.92. The quantitative estimate of drug-likeness (QED) is 0.568. The number of hydrogen-bond acceptors (Lipinski definition) is 6. The molecule has 0 atom stereocenters. The second-order valence-electron chi connectivity index (χ2n) is 5.74. The van der Waals surface area contributed by atoms with Crippen molar-refractivity contribution < 1.29 is 9.32 Å². The fraction of sp³-hybridized carbons (Fsp3) is 0.263. The highest BCUT2D eigenvalue weighted by molar-refractivity contribution is 7.13. The SMILES string of the molecule is N#CCN(Cc1ccccc1)C(=O)CCCc1nc(-c2cccs2)no1. The summed E-state index contributed by atoms with van der Waals surface area (Å²) in [6.45, 7) is 0.521. The summed E-state index contributed by atoms with van der Waals surface area (Å²) in [6.07, 6.45) is 1.47. The van der Waals surface area contributed by atoms with Gasteiger partial charge >= 0.3 is 0 Å². The molecule has 1 amide bonds. The highest BCUT2D eigenvalue weighted by Crippen LogP contribution is 2.21. The molecule has 0 spiro atoms. The Balaban J connectivity index is 1.51. The van der Waals surface area contributed by atoms with E-state index in [0.29, 0.717) is 37.5 Å². The van der Waals surface area contributed by atoms with Gasteiger partial charge in [-0.05, 0) is 23.4 Å². The van der Waals surface area contributed by atoms with Crippen LogP contribution in [0.5, 0.6) is 0 Å². The summed E-state index contributed by atoms with van der Waals surface area (Å²) in [5.74, 6) is 1.06. The highest BCUT2D eigenvalue weighted by Gasteiger charge is 2.15. The van der Waals surface area contributed by atoms with Crippen LogP contribution in [-0.4, -0.2) is 27.5 Å². The van der Waals surface area contributed by atoms with Crippen molar-refractivity contribution >= 4 is 17.2 Å². The Morgan fingerprint density at radius 1 is 1.23 bits per heavy atom. The zero-order valence-electron chi connectivity index (χ0n) is 14.2. The second-order valence-corrected chi connectivity index (χ2v) is 6.68. The van der Waals surface area contributed by atoms with Gasteiger partial charge in [0.1, 0.15) is 6.54 Å². The minimum atomic E-state index is -0.0478. The average Bonchev–Trinajstić information content (AvgIpc) is 3.34. The van der Waals surface area contributed by atoms with Crippen LogP contribution < -0.4 is 0 Å². The molecular formula is C19H18N4O2S. The number of carbonyl (C=O) groups is 1. The first-order valence-electron chi connectivity index (χ1n) is 8.31. The van der Waals surface area contributed by atoms with Gasteiger partial charge in [-0.15, -0.1) is 11.3 Å². The summed E-state index contributed by atoms with van der Waals surface area (Å²) < 4.78 is 5.24. The molecule has 0 aliphatic heterocycles. The topological polar surface area (TPSA) is 83.0 Å². The summed E-state index contributed by atoms with van der Waals surface area (Å²) >= 11 is 1.55. The van der Waals surface area contributed by atoms with Gasteiger partial charge in [0.25, 0.3) is 0 Å². The number of nitriles is 1. The van der Waals surface area contributed by atoms with Crippen molar-refractivity contribution in [1.82, 2.24) is 15.0 Å². The third-order valence-electron chi connectivity index (χ3n) is 3.82. The van der Waals surface area contributed by atoms with Gasteiger partial charge < -0.3 is 9.42 Å². The number of amides is 1. The number of thiophene rings is 1. The Labute approximate surface area is 155 Å². The van der Waals surface area contributed by atoms with E-state index in [9.17, 15) is 4.79 Å². The minimum Gasteiger partial charge on any atom is -0.339 e. The first-order valence-corrected chi connectivity index (χ1v) is 9.19. The maximum absolute atomic E-state index is 12.4. The van der Waals surface area contributed by atoms with Crippen LogP contribution in [0, 0.1) is 11.3 Å². The third kappa shape index (κ3) is 4.77. The van der Waals surface area contributed by atoms with Gasteiger partial charge in [0.15, 0.2) is 0 Å². The van der Waals surface area contributed by atoms with Crippen LogP contribution in [0.15, 0.2) is 52.4 Å². The smallest absolute Gasteiger partial charge is 0.226 e. The third-order valence-corrected chi connectivity index (χ3v) is 4.69. The van der Waals surface area contributed by atoms with Crippen LogP contribution in [0.1, 0.15) is 24.3 Å². The number of nitrogens with zero attached hydrogens (tertiary/aromatic N) is 4. The fourth-order valence-electron chi connectivity index (χ4n) is 2.53. The van der Waals surface area contributed by atoms with Crippen molar-refractivity contribution in [2.24, 2.45) is 0 Å². The Morgan fingerprint density at radius 3 is 2.81 bits per heavy atom. The summed E-state index contributed by atoms with van der Waals surface area (Å²) in [6, 6.07) is 15.6. The molecule has 3 aromatic rings. The minimum absolute atomic E-state index is 0.0478. The van der Waals surface area contributed by atoms with Crippen LogP contribution in [0.4, 0.5) is 0 Å². The van der Waals surface area contributed by atoms with E-state index in [1.807, 2.05) is 47.8 Å². The molecule has 0 radical (unpaired) electrons. The summed E-state index contributed by atoms with van der Waals surface area (Å²) in [7, 11) is 0. The van der Waals surface area contributed by atoms with E-state index in [1.54, 1.807) is 16.2 Å². The molecule has 132 valence electrons. The lowest BCUT2D eigenvalue weighted by molar-refractivity contribution is -0.131. The predicted molar refractivity (Wildman–Crippen MR) is 98.0 cm³/mol. The van der Waals surface area contributed by atoms with Gasteiger partial charge in [-0.25, -0.2) is 0 Å². The van der Waals surface area contributed by atoms with Crippen LogP contribution in [-0.2, 0) is 17.8 Å². The number of carbonyl (C=O) groups excluding carboxylic acids is 1. The lowest BCUT2D eigenvalue weighted by Crippen LogP contribution is -2.30. The largest absolute Gasteiger partial charge is 0.339 e. The van der Waals surface area contributed by atoms with Crippen LogP contribution in [0.25, 0.3) is 10.7 Å². The van der Waals surface area contributed by atoms with Crippen LogP contribution in [0.3, 0.4) is 0 Å². The van der Waals surface area contributed by atoms with Crippen molar-refractivity contribution in [2.45, 2.75) is 25.8 Å². The molecule has 0 aliphatic rings. The lowest BCUT2D eigenvalue weighted by atomic mass is 10.2. The molecule has 0 bridgehead atoms. The number of aromatic nitrogens is 2. The fourth-order valence-corrected chi connectivity index (χ4v) is 3.18. The molecular weight excluding hydrogens is 348 g/mol. The summed E-state index contributed by atoms with van der Waals surface area (Å²) in [4.78, 5) is 19.3. The zero-order chi connectivity index (χ0) is 18.2. The van der Waals surface area contributed by atoms with Crippen molar-refractivity contribution in [3.05, 3.63) is 59.3 Å². The molecule has 0 fully saturated rings. The Morgan fingerprint density at radius 2 is 2.08 bits per heavy atom. The summed E-state index contributed by atoms with van der Waals surface area (Å²) in [5.41, 5.74) is 1.01. The molecule has 2 heterocycles. The van der Waals surface area contributed by atoms with Gasteiger partial charge in [0, 0.05) is 19.4 Å². The number of benzene rings is 1. The van der Waals surface area contributed by atoms with Gasteiger partial charge in [-0.3, -0.25) is 4.79 Å². The first-order chi connectivity index (χ1) is 12.8. The van der Waals surface area contributed by atoms with Crippen LogP contribution >= 0.6 is 11.3 Å². The molecule has 26 heavy (non-hydrogen) atoms. The van der Waals surface area contributed by atoms with E-state index >= 15 is 0 Å². The molecule has 0 aliphatic carbocycles. The van der Waals surface area contributed by atoms with Crippen molar-refractivity contribution in [3.63, 3.8) is 0 Å². The first kappa shape index (κ1) is 17.8. The van der Waals surface area contributed by atoms with Gasteiger partial charge in [0.05, 0.1) is 10.9 Å².